The third kappa shape index (κ3) is 2.65. The number of aliphatic carboxylic acids is 1. The van der Waals surface area contributed by atoms with Gasteiger partial charge in [-0.25, -0.2) is 0 Å². The maximum absolute atomic E-state index is 11.1. The van der Waals surface area contributed by atoms with Gasteiger partial charge in [0.05, 0.1) is 6.07 Å². The van der Waals surface area contributed by atoms with Crippen molar-refractivity contribution in [1.29, 1.82) is 5.26 Å². The van der Waals surface area contributed by atoms with Crippen molar-refractivity contribution in [3.05, 3.63) is 35.9 Å². The van der Waals surface area contributed by atoms with Gasteiger partial charge in [-0.15, -0.1) is 0 Å². The first kappa shape index (κ1) is 13.2. The summed E-state index contributed by atoms with van der Waals surface area (Å²) in [4.78, 5) is 11.1. The number of carboxylic acids is 1. The van der Waals surface area contributed by atoms with Crippen LogP contribution in [0.3, 0.4) is 0 Å². The van der Waals surface area contributed by atoms with Crippen LogP contribution in [0.15, 0.2) is 30.3 Å². The quantitative estimate of drug-likeness (QED) is 0.866. The van der Waals surface area contributed by atoms with Crippen LogP contribution in [0.5, 0.6) is 0 Å². The van der Waals surface area contributed by atoms with E-state index in [1.807, 2.05) is 57.2 Å². The van der Waals surface area contributed by atoms with Crippen molar-refractivity contribution in [2.24, 2.45) is 11.3 Å². The van der Waals surface area contributed by atoms with Crippen molar-refractivity contribution in [3.8, 4) is 6.07 Å². The van der Waals surface area contributed by atoms with E-state index in [9.17, 15) is 4.79 Å². The van der Waals surface area contributed by atoms with Gasteiger partial charge in [0.2, 0.25) is 0 Å². The Balaban J connectivity index is 3.06. The Morgan fingerprint density at radius 2 is 1.88 bits per heavy atom. The average Bonchev–Trinajstić information content (AvgIpc) is 2.29. The first-order chi connectivity index (χ1) is 7.91. The summed E-state index contributed by atoms with van der Waals surface area (Å²) in [6.07, 6.45) is 0. The van der Waals surface area contributed by atoms with Gasteiger partial charge < -0.3 is 5.11 Å². The minimum Gasteiger partial charge on any atom is -0.480 e. The average molecular weight is 231 g/mol. The molecule has 3 heteroatoms. The van der Waals surface area contributed by atoms with Crippen LogP contribution in [0.25, 0.3) is 0 Å². The molecule has 90 valence electrons. The maximum atomic E-state index is 11.1. The number of hydrogen-bond acceptors (Lipinski definition) is 2. The predicted molar refractivity (Wildman–Crippen MR) is 65.4 cm³/mol. The highest BCUT2D eigenvalue weighted by Crippen LogP contribution is 2.41. The number of nitriles is 1. The topological polar surface area (TPSA) is 61.1 Å². The van der Waals surface area contributed by atoms with Gasteiger partial charge in [-0.3, -0.25) is 4.79 Å². The first-order valence-corrected chi connectivity index (χ1v) is 5.58. The van der Waals surface area contributed by atoms with Gasteiger partial charge in [-0.05, 0) is 16.9 Å². The smallest absolute Gasteiger partial charge is 0.321 e. The highest BCUT2D eigenvalue weighted by atomic mass is 16.4. The van der Waals surface area contributed by atoms with E-state index in [1.54, 1.807) is 0 Å². The van der Waals surface area contributed by atoms with Crippen molar-refractivity contribution >= 4 is 5.97 Å². The number of nitrogens with zero attached hydrogens (tertiary/aromatic N) is 1. The molecule has 0 saturated carbocycles. The second kappa shape index (κ2) is 5.01. The van der Waals surface area contributed by atoms with Crippen LogP contribution in [-0.4, -0.2) is 11.1 Å². The highest BCUT2D eigenvalue weighted by Gasteiger charge is 2.40. The SMILES string of the molecule is CC(c1ccccc1)C(C)(C)C(C#N)C(=O)O. The van der Waals surface area contributed by atoms with Crippen molar-refractivity contribution in [2.45, 2.75) is 26.7 Å². The van der Waals surface area contributed by atoms with E-state index in [-0.39, 0.29) is 5.92 Å². The van der Waals surface area contributed by atoms with E-state index in [0.717, 1.165) is 5.56 Å². The molecule has 0 heterocycles. The lowest BCUT2D eigenvalue weighted by atomic mass is 9.68. The normalized spacial score (nSPS) is 14.7. The van der Waals surface area contributed by atoms with Gasteiger partial charge in [0, 0.05) is 0 Å². The number of carbonyl (C=O) groups is 1. The van der Waals surface area contributed by atoms with E-state index in [4.69, 9.17) is 10.4 Å². The Morgan fingerprint density at radius 1 is 1.35 bits per heavy atom. The lowest BCUT2D eigenvalue weighted by Crippen LogP contribution is -2.34. The van der Waals surface area contributed by atoms with E-state index >= 15 is 0 Å². The molecule has 0 spiro atoms. The Hall–Kier alpha value is -1.82. The third-order valence-electron chi connectivity index (χ3n) is 3.54. The third-order valence-corrected chi connectivity index (χ3v) is 3.54. The Kier molecular flexibility index (Phi) is 3.90. The van der Waals surface area contributed by atoms with Crippen LogP contribution in [0, 0.1) is 22.7 Å². The molecule has 0 bridgehead atoms. The molecular weight excluding hydrogens is 214 g/mol. The summed E-state index contributed by atoms with van der Waals surface area (Å²) in [7, 11) is 0. The van der Waals surface area contributed by atoms with Gasteiger partial charge in [0.25, 0.3) is 0 Å². The summed E-state index contributed by atoms with van der Waals surface area (Å²) in [6.45, 7) is 5.61. The molecule has 0 saturated heterocycles. The second-order valence-electron chi connectivity index (χ2n) is 4.85. The Labute approximate surface area is 102 Å². The molecule has 0 aliphatic heterocycles. The molecule has 1 aromatic rings. The van der Waals surface area contributed by atoms with Crippen LogP contribution in [0.1, 0.15) is 32.3 Å². The molecule has 2 atom stereocenters. The predicted octanol–water partition coefficient (Wildman–Crippen LogP) is 3.04. The monoisotopic (exact) mass is 231 g/mol. The lowest BCUT2D eigenvalue weighted by Gasteiger charge is -2.34. The molecule has 1 N–H and O–H groups in total. The standard InChI is InChI=1S/C14H17NO2/c1-10(11-7-5-4-6-8-11)14(2,3)12(9-15)13(16)17/h4-8,10,12H,1-3H3,(H,16,17). The molecule has 0 aliphatic carbocycles. The van der Waals surface area contributed by atoms with Gasteiger partial charge >= 0.3 is 5.97 Å². The molecule has 0 aromatic heterocycles. The molecule has 0 aliphatic rings. The molecule has 0 amide bonds. The summed E-state index contributed by atoms with van der Waals surface area (Å²) >= 11 is 0. The molecule has 17 heavy (non-hydrogen) atoms. The molecule has 1 aromatic carbocycles. The summed E-state index contributed by atoms with van der Waals surface area (Å²) in [5.74, 6) is -2.05. The van der Waals surface area contributed by atoms with Crippen LogP contribution >= 0.6 is 0 Å². The number of benzene rings is 1. The van der Waals surface area contributed by atoms with Gasteiger partial charge in [-0.2, -0.15) is 5.26 Å². The largest absolute Gasteiger partial charge is 0.480 e. The lowest BCUT2D eigenvalue weighted by molar-refractivity contribution is -0.143. The number of rotatable bonds is 4. The van der Waals surface area contributed by atoms with Crippen LogP contribution < -0.4 is 0 Å². The van der Waals surface area contributed by atoms with Gasteiger partial charge in [0.1, 0.15) is 5.92 Å². The van der Waals surface area contributed by atoms with E-state index in [2.05, 4.69) is 0 Å². The minimum absolute atomic E-state index is 0.00412. The minimum atomic E-state index is -1.06. The molecule has 3 nitrogen and oxygen atoms in total. The first-order valence-electron chi connectivity index (χ1n) is 5.58. The van der Waals surface area contributed by atoms with Crippen molar-refractivity contribution in [1.82, 2.24) is 0 Å². The molecule has 0 fully saturated rings. The fourth-order valence-corrected chi connectivity index (χ4v) is 1.96. The number of hydrogen-bond donors (Lipinski definition) is 1. The van der Waals surface area contributed by atoms with E-state index in [1.165, 1.54) is 0 Å². The van der Waals surface area contributed by atoms with Gasteiger partial charge in [-0.1, -0.05) is 51.1 Å². The van der Waals surface area contributed by atoms with Crippen LogP contribution in [0.2, 0.25) is 0 Å². The van der Waals surface area contributed by atoms with Crippen LogP contribution in [-0.2, 0) is 4.79 Å². The molecule has 2 unspecified atom stereocenters. The van der Waals surface area contributed by atoms with Crippen molar-refractivity contribution in [2.75, 3.05) is 0 Å². The summed E-state index contributed by atoms with van der Waals surface area (Å²) in [6, 6.07) is 11.6. The Morgan fingerprint density at radius 3 is 2.29 bits per heavy atom. The zero-order valence-corrected chi connectivity index (χ0v) is 10.3. The zero-order chi connectivity index (χ0) is 13.1. The van der Waals surface area contributed by atoms with Crippen LogP contribution in [0.4, 0.5) is 0 Å². The molecule has 1 rings (SSSR count). The molecule has 0 radical (unpaired) electrons. The fraction of sp³-hybridized carbons (Fsp3) is 0.429. The fourth-order valence-electron chi connectivity index (χ4n) is 1.96. The summed E-state index contributed by atoms with van der Waals surface area (Å²) in [5, 5.41) is 18.1. The second-order valence-corrected chi connectivity index (χ2v) is 4.85. The summed E-state index contributed by atoms with van der Waals surface area (Å²) < 4.78 is 0. The maximum Gasteiger partial charge on any atom is 0.321 e. The van der Waals surface area contributed by atoms with Gasteiger partial charge in [0.15, 0.2) is 0 Å². The van der Waals surface area contributed by atoms with Crippen molar-refractivity contribution in [3.63, 3.8) is 0 Å². The summed E-state index contributed by atoms with van der Waals surface area (Å²) in [5.41, 5.74) is 0.445. The highest BCUT2D eigenvalue weighted by molar-refractivity contribution is 5.74. The Bertz CT molecular complexity index is 431. The van der Waals surface area contributed by atoms with Crippen molar-refractivity contribution < 1.29 is 9.90 Å². The zero-order valence-electron chi connectivity index (χ0n) is 10.3. The van der Waals surface area contributed by atoms with E-state index < -0.39 is 17.3 Å². The molecular formula is C14H17NO2. The number of carboxylic acid groups (broad SMARTS) is 1. The van der Waals surface area contributed by atoms with E-state index in [0.29, 0.717) is 0 Å².